The second-order valence-corrected chi connectivity index (χ2v) is 6.58. The first-order valence-electron chi connectivity index (χ1n) is 9.15. The summed E-state index contributed by atoms with van der Waals surface area (Å²) in [5, 5.41) is 2.91. The molecule has 1 N–H and O–H groups in total. The van der Waals surface area contributed by atoms with Gasteiger partial charge in [-0.25, -0.2) is 0 Å². The molecule has 0 aliphatic carbocycles. The Morgan fingerprint density at radius 1 is 1.04 bits per heavy atom. The third kappa shape index (κ3) is 6.03. The van der Waals surface area contributed by atoms with E-state index in [0.717, 1.165) is 17.5 Å². The van der Waals surface area contributed by atoms with Crippen molar-refractivity contribution in [2.24, 2.45) is 0 Å². The van der Waals surface area contributed by atoms with Gasteiger partial charge < -0.3 is 10.2 Å². The van der Waals surface area contributed by atoms with E-state index in [4.69, 9.17) is 0 Å². The monoisotopic (exact) mass is 352 g/mol. The van der Waals surface area contributed by atoms with Crippen LogP contribution < -0.4 is 5.32 Å². The fourth-order valence-electron chi connectivity index (χ4n) is 2.97. The van der Waals surface area contributed by atoms with Crippen LogP contribution in [0.5, 0.6) is 0 Å². The Hall–Kier alpha value is -2.62. The summed E-state index contributed by atoms with van der Waals surface area (Å²) in [6.07, 6.45) is 1.10. The van der Waals surface area contributed by atoms with Gasteiger partial charge in [-0.2, -0.15) is 0 Å². The molecule has 0 heterocycles. The summed E-state index contributed by atoms with van der Waals surface area (Å²) in [6, 6.07) is 17.8. The standard InChI is InChI=1S/C22H28N2O2/c1-4-24(15-14-19-8-6-5-7-9-19)22(26)16-21(23-18(3)25)20-12-10-17(2)11-13-20/h5-13,21H,4,14-16H2,1-3H3,(H,23,25). The molecule has 0 fully saturated rings. The van der Waals surface area contributed by atoms with Crippen molar-refractivity contribution < 1.29 is 9.59 Å². The Morgan fingerprint density at radius 3 is 2.27 bits per heavy atom. The summed E-state index contributed by atoms with van der Waals surface area (Å²) in [7, 11) is 0. The maximum atomic E-state index is 12.8. The van der Waals surface area contributed by atoms with E-state index in [9.17, 15) is 9.59 Å². The third-order valence-electron chi connectivity index (χ3n) is 4.48. The number of hydrogen-bond acceptors (Lipinski definition) is 2. The van der Waals surface area contributed by atoms with E-state index in [1.807, 2.05) is 61.2 Å². The fourth-order valence-corrected chi connectivity index (χ4v) is 2.97. The Bertz CT molecular complexity index is 711. The highest BCUT2D eigenvalue weighted by atomic mass is 16.2. The van der Waals surface area contributed by atoms with Gasteiger partial charge in [0.25, 0.3) is 0 Å². The first kappa shape index (κ1) is 19.7. The number of nitrogens with zero attached hydrogens (tertiary/aromatic N) is 1. The third-order valence-corrected chi connectivity index (χ3v) is 4.48. The van der Waals surface area contributed by atoms with Crippen LogP contribution in [0.2, 0.25) is 0 Å². The molecular formula is C22H28N2O2. The molecule has 2 aromatic rings. The molecule has 0 aliphatic rings. The maximum Gasteiger partial charge on any atom is 0.224 e. The van der Waals surface area contributed by atoms with Gasteiger partial charge in [0.05, 0.1) is 12.5 Å². The zero-order valence-corrected chi connectivity index (χ0v) is 15.9. The maximum absolute atomic E-state index is 12.8. The topological polar surface area (TPSA) is 49.4 Å². The predicted octanol–water partition coefficient (Wildman–Crippen LogP) is 3.65. The van der Waals surface area contributed by atoms with Crippen LogP contribution in [0.3, 0.4) is 0 Å². The zero-order chi connectivity index (χ0) is 18.9. The first-order valence-corrected chi connectivity index (χ1v) is 9.15. The largest absolute Gasteiger partial charge is 0.349 e. The Labute approximate surface area is 156 Å². The highest BCUT2D eigenvalue weighted by Gasteiger charge is 2.20. The number of aryl methyl sites for hydroxylation is 1. The van der Waals surface area contributed by atoms with Gasteiger partial charge in [-0.15, -0.1) is 0 Å². The molecule has 0 aromatic heterocycles. The van der Waals surface area contributed by atoms with Crippen LogP contribution in [0, 0.1) is 6.92 Å². The second-order valence-electron chi connectivity index (χ2n) is 6.58. The normalized spacial score (nSPS) is 11.7. The SMILES string of the molecule is CCN(CCc1ccccc1)C(=O)CC(NC(C)=O)c1ccc(C)cc1. The molecule has 2 aromatic carbocycles. The van der Waals surface area contributed by atoms with E-state index in [-0.39, 0.29) is 24.3 Å². The second kappa shape index (κ2) is 9.76. The van der Waals surface area contributed by atoms with Crippen LogP contribution in [-0.4, -0.2) is 29.8 Å². The molecule has 0 saturated heterocycles. The highest BCUT2D eigenvalue weighted by Crippen LogP contribution is 2.19. The minimum atomic E-state index is -0.300. The summed E-state index contributed by atoms with van der Waals surface area (Å²) >= 11 is 0. The fraction of sp³-hybridized carbons (Fsp3) is 0.364. The lowest BCUT2D eigenvalue weighted by Gasteiger charge is -2.25. The van der Waals surface area contributed by atoms with Crippen molar-refractivity contribution >= 4 is 11.8 Å². The molecule has 0 bridgehead atoms. The van der Waals surface area contributed by atoms with Crippen molar-refractivity contribution in [2.45, 2.75) is 39.7 Å². The quantitative estimate of drug-likeness (QED) is 0.788. The molecule has 4 heteroatoms. The number of likely N-dealkylation sites (N-methyl/N-ethyl adjacent to an activating group) is 1. The lowest BCUT2D eigenvalue weighted by molar-refractivity contribution is -0.131. The minimum absolute atomic E-state index is 0.0581. The average molecular weight is 352 g/mol. The predicted molar refractivity (Wildman–Crippen MR) is 105 cm³/mol. The van der Waals surface area contributed by atoms with E-state index in [1.165, 1.54) is 12.5 Å². The van der Waals surface area contributed by atoms with Gasteiger partial charge >= 0.3 is 0 Å². The van der Waals surface area contributed by atoms with Crippen LogP contribution in [0.15, 0.2) is 54.6 Å². The van der Waals surface area contributed by atoms with E-state index in [2.05, 4.69) is 17.4 Å². The molecule has 2 rings (SSSR count). The first-order chi connectivity index (χ1) is 12.5. The van der Waals surface area contributed by atoms with Crippen molar-refractivity contribution in [1.82, 2.24) is 10.2 Å². The van der Waals surface area contributed by atoms with Gasteiger partial charge in [0.15, 0.2) is 0 Å². The average Bonchev–Trinajstić information content (AvgIpc) is 2.63. The lowest BCUT2D eigenvalue weighted by Crippen LogP contribution is -2.37. The number of rotatable bonds is 8. The molecule has 1 atom stereocenters. The number of hydrogen-bond donors (Lipinski definition) is 1. The molecule has 1 unspecified atom stereocenters. The molecule has 0 radical (unpaired) electrons. The van der Waals surface area contributed by atoms with Crippen molar-refractivity contribution in [3.8, 4) is 0 Å². The molecule has 138 valence electrons. The number of benzene rings is 2. The van der Waals surface area contributed by atoms with Crippen molar-refractivity contribution in [3.05, 3.63) is 71.3 Å². The van der Waals surface area contributed by atoms with Crippen molar-refractivity contribution in [1.29, 1.82) is 0 Å². The van der Waals surface area contributed by atoms with Crippen LogP contribution >= 0.6 is 0 Å². The van der Waals surface area contributed by atoms with Crippen LogP contribution in [0.25, 0.3) is 0 Å². The van der Waals surface area contributed by atoms with Crippen LogP contribution in [0.1, 0.15) is 43.0 Å². The minimum Gasteiger partial charge on any atom is -0.349 e. The Morgan fingerprint density at radius 2 is 1.69 bits per heavy atom. The lowest BCUT2D eigenvalue weighted by atomic mass is 10.0. The van der Waals surface area contributed by atoms with Gasteiger partial charge in [-0.05, 0) is 31.4 Å². The summed E-state index contributed by atoms with van der Waals surface area (Å²) in [6.45, 7) is 6.83. The highest BCUT2D eigenvalue weighted by molar-refractivity contribution is 5.79. The van der Waals surface area contributed by atoms with Gasteiger partial charge in [0.2, 0.25) is 11.8 Å². The van der Waals surface area contributed by atoms with Crippen molar-refractivity contribution in [3.63, 3.8) is 0 Å². The van der Waals surface area contributed by atoms with E-state index >= 15 is 0 Å². The van der Waals surface area contributed by atoms with E-state index in [0.29, 0.717) is 13.1 Å². The number of carbonyl (C=O) groups is 2. The molecule has 0 aliphatic heterocycles. The Kier molecular flexibility index (Phi) is 7.39. The van der Waals surface area contributed by atoms with Gasteiger partial charge in [-0.3, -0.25) is 9.59 Å². The number of carbonyl (C=O) groups excluding carboxylic acids is 2. The van der Waals surface area contributed by atoms with Crippen LogP contribution in [0.4, 0.5) is 0 Å². The van der Waals surface area contributed by atoms with Crippen molar-refractivity contribution in [2.75, 3.05) is 13.1 Å². The summed E-state index contributed by atoms with van der Waals surface area (Å²) in [5.41, 5.74) is 3.33. The summed E-state index contributed by atoms with van der Waals surface area (Å²) in [4.78, 5) is 26.2. The van der Waals surface area contributed by atoms with E-state index < -0.39 is 0 Å². The zero-order valence-electron chi connectivity index (χ0n) is 15.9. The van der Waals surface area contributed by atoms with Crippen LogP contribution in [-0.2, 0) is 16.0 Å². The molecule has 26 heavy (non-hydrogen) atoms. The number of amides is 2. The van der Waals surface area contributed by atoms with E-state index in [1.54, 1.807) is 0 Å². The Balaban J connectivity index is 2.03. The van der Waals surface area contributed by atoms with Gasteiger partial charge in [0, 0.05) is 20.0 Å². The van der Waals surface area contributed by atoms with Gasteiger partial charge in [-0.1, -0.05) is 60.2 Å². The molecule has 0 saturated carbocycles. The van der Waals surface area contributed by atoms with Gasteiger partial charge in [0.1, 0.15) is 0 Å². The number of nitrogens with one attached hydrogen (secondary N) is 1. The molecule has 4 nitrogen and oxygen atoms in total. The summed E-state index contributed by atoms with van der Waals surface area (Å²) in [5.74, 6) is -0.0709. The molecular weight excluding hydrogens is 324 g/mol. The molecule has 2 amide bonds. The smallest absolute Gasteiger partial charge is 0.224 e. The molecule has 0 spiro atoms. The summed E-state index contributed by atoms with van der Waals surface area (Å²) < 4.78 is 0.